The van der Waals surface area contributed by atoms with Gasteiger partial charge in [-0.1, -0.05) is 0 Å². The Balaban J connectivity index is 2.10. The summed E-state index contributed by atoms with van der Waals surface area (Å²) in [5.41, 5.74) is 0.529. The van der Waals surface area contributed by atoms with E-state index in [1.165, 1.54) is 12.1 Å². The standard InChI is InChI=1S/C11H13NO4S/c13-11(12-5-7-16-8-6-12)9-1-3-10(4-2-9)17(14)15/h1-4H,5-8H2,(H,14,15). The largest absolute Gasteiger partial charge is 0.378 e. The van der Waals surface area contributed by atoms with Gasteiger partial charge in [0.25, 0.3) is 5.91 Å². The number of carbonyl (C=O) groups is 1. The molecule has 1 fully saturated rings. The summed E-state index contributed by atoms with van der Waals surface area (Å²) in [5.74, 6) is -0.0661. The van der Waals surface area contributed by atoms with E-state index in [2.05, 4.69) is 0 Å². The van der Waals surface area contributed by atoms with Crippen LogP contribution in [-0.2, 0) is 15.8 Å². The highest BCUT2D eigenvalue weighted by molar-refractivity contribution is 7.79. The molecule has 1 aliphatic rings. The van der Waals surface area contributed by atoms with E-state index in [1.54, 1.807) is 17.0 Å². The number of rotatable bonds is 2. The molecule has 1 unspecified atom stereocenters. The topological polar surface area (TPSA) is 66.8 Å². The first-order chi connectivity index (χ1) is 8.18. The first-order valence-electron chi connectivity index (χ1n) is 5.26. The lowest BCUT2D eigenvalue weighted by Crippen LogP contribution is -2.40. The number of carbonyl (C=O) groups excluding carboxylic acids is 1. The first kappa shape index (κ1) is 12.2. The van der Waals surface area contributed by atoms with Crippen molar-refractivity contribution in [2.75, 3.05) is 26.3 Å². The van der Waals surface area contributed by atoms with Crippen molar-refractivity contribution in [1.82, 2.24) is 4.90 Å². The van der Waals surface area contributed by atoms with Crippen LogP contribution in [0, 0.1) is 0 Å². The van der Waals surface area contributed by atoms with Crippen LogP contribution in [0.2, 0.25) is 0 Å². The molecule has 1 atom stereocenters. The zero-order valence-corrected chi connectivity index (χ0v) is 9.98. The molecule has 1 aromatic carbocycles. The van der Waals surface area contributed by atoms with Crippen LogP contribution < -0.4 is 0 Å². The normalized spacial score (nSPS) is 17.8. The van der Waals surface area contributed by atoms with Gasteiger partial charge in [0.2, 0.25) is 0 Å². The summed E-state index contributed by atoms with van der Waals surface area (Å²) >= 11 is -2.00. The van der Waals surface area contributed by atoms with Crippen molar-refractivity contribution in [3.05, 3.63) is 29.8 Å². The Morgan fingerprint density at radius 3 is 2.35 bits per heavy atom. The van der Waals surface area contributed by atoms with Gasteiger partial charge >= 0.3 is 0 Å². The molecule has 0 bridgehead atoms. The summed E-state index contributed by atoms with van der Waals surface area (Å²) in [5, 5.41) is 0. The van der Waals surface area contributed by atoms with Gasteiger partial charge < -0.3 is 14.2 Å². The van der Waals surface area contributed by atoms with Crippen molar-refractivity contribution in [1.29, 1.82) is 0 Å². The number of ether oxygens (including phenoxy) is 1. The van der Waals surface area contributed by atoms with Crippen molar-refractivity contribution in [2.24, 2.45) is 0 Å². The average molecular weight is 255 g/mol. The zero-order chi connectivity index (χ0) is 12.3. The van der Waals surface area contributed by atoms with E-state index in [0.717, 1.165) is 0 Å². The molecule has 0 aliphatic carbocycles. The van der Waals surface area contributed by atoms with Gasteiger partial charge in [-0.2, -0.15) is 0 Å². The van der Waals surface area contributed by atoms with Gasteiger partial charge in [0.15, 0.2) is 11.1 Å². The molecule has 0 aromatic heterocycles. The van der Waals surface area contributed by atoms with Gasteiger partial charge in [0, 0.05) is 18.7 Å². The lowest BCUT2D eigenvalue weighted by molar-refractivity contribution is 0.0303. The molecule has 1 N–H and O–H groups in total. The molecule has 1 saturated heterocycles. The maximum Gasteiger partial charge on any atom is 0.254 e. The Bertz CT molecular complexity index is 426. The zero-order valence-electron chi connectivity index (χ0n) is 9.17. The fraction of sp³-hybridized carbons (Fsp3) is 0.364. The highest BCUT2D eigenvalue weighted by Crippen LogP contribution is 2.11. The monoisotopic (exact) mass is 255 g/mol. The van der Waals surface area contributed by atoms with Crippen LogP contribution in [0.3, 0.4) is 0 Å². The molecule has 0 saturated carbocycles. The second-order valence-corrected chi connectivity index (χ2v) is 4.65. The van der Waals surface area contributed by atoms with Crippen LogP contribution in [-0.4, -0.2) is 45.9 Å². The summed E-state index contributed by atoms with van der Waals surface area (Å²) in [7, 11) is 0. The highest BCUT2D eigenvalue weighted by Gasteiger charge is 2.18. The maximum absolute atomic E-state index is 12.0. The number of benzene rings is 1. The summed E-state index contributed by atoms with van der Waals surface area (Å²) in [6, 6.07) is 6.12. The van der Waals surface area contributed by atoms with E-state index in [4.69, 9.17) is 9.29 Å². The van der Waals surface area contributed by atoms with E-state index in [1.807, 2.05) is 0 Å². The summed E-state index contributed by atoms with van der Waals surface area (Å²) in [6.07, 6.45) is 0. The van der Waals surface area contributed by atoms with Crippen molar-refractivity contribution in [3.63, 3.8) is 0 Å². The minimum atomic E-state index is -2.00. The molecule has 92 valence electrons. The smallest absolute Gasteiger partial charge is 0.254 e. The molecule has 0 spiro atoms. The first-order valence-corrected chi connectivity index (χ1v) is 6.37. The molecule has 2 rings (SSSR count). The third-order valence-electron chi connectivity index (χ3n) is 2.60. The molecular weight excluding hydrogens is 242 g/mol. The number of nitrogens with zero attached hydrogens (tertiary/aromatic N) is 1. The Labute approximate surface area is 102 Å². The molecule has 1 heterocycles. The second-order valence-electron chi connectivity index (χ2n) is 3.68. The third-order valence-corrected chi connectivity index (χ3v) is 3.28. The van der Waals surface area contributed by atoms with E-state index < -0.39 is 11.1 Å². The molecule has 5 nitrogen and oxygen atoms in total. The maximum atomic E-state index is 12.0. The van der Waals surface area contributed by atoms with E-state index >= 15 is 0 Å². The summed E-state index contributed by atoms with van der Waals surface area (Å²) in [4.78, 5) is 14.0. The molecular formula is C11H13NO4S. The van der Waals surface area contributed by atoms with Crippen LogP contribution in [0.5, 0.6) is 0 Å². The second kappa shape index (κ2) is 5.39. The van der Waals surface area contributed by atoms with Gasteiger partial charge in [0.05, 0.1) is 18.1 Å². The van der Waals surface area contributed by atoms with Crippen LogP contribution in [0.4, 0.5) is 0 Å². The molecule has 0 radical (unpaired) electrons. The molecule has 1 aromatic rings. The summed E-state index contributed by atoms with van der Waals surface area (Å²) < 4.78 is 24.8. The van der Waals surface area contributed by atoms with E-state index in [-0.39, 0.29) is 5.91 Å². The minimum absolute atomic E-state index is 0.0661. The van der Waals surface area contributed by atoms with Gasteiger partial charge in [-0.25, -0.2) is 4.21 Å². The van der Waals surface area contributed by atoms with Crippen LogP contribution in [0.25, 0.3) is 0 Å². The lowest BCUT2D eigenvalue weighted by Gasteiger charge is -2.26. The van der Waals surface area contributed by atoms with Crippen molar-refractivity contribution in [2.45, 2.75) is 4.90 Å². The molecule has 1 aliphatic heterocycles. The van der Waals surface area contributed by atoms with Gasteiger partial charge in [-0.15, -0.1) is 0 Å². The predicted octanol–water partition coefficient (Wildman–Crippen LogP) is 0.740. The fourth-order valence-electron chi connectivity index (χ4n) is 1.66. The van der Waals surface area contributed by atoms with Gasteiger partial charge in [0.1, 0.15) is 0 Å². The van der Waals surface area contributed by atoms with Crippen LogP contribution in [0.1, 0.15) is 10.4 Å². The SMILES string of the molecule is O=C(c1ccc(S(=O)O)cc1)N1CCOCC1. The summed E-state index contributed by atoms with van der Waals surface area (Å²) in [6.45, 7) is 2.30. The Morgan fingerprint density at radius 2 is 1.82 bits per heavy atom. The van der Waals surface area contributed by atoms with Crippen molar-refractivity contribution in [3.8, 4) is 0 Å². The van der Waals surface area contributed by atoms with E-state index in [0.29, 0.717) is 36.8 Å². The van der Waals surface area contributed by atoms with E-state index in [9.17, 15) is 9.00 Å². The molecule has 17 heavy (non-hydrogen) atoms. The van der Waals surface area contributed by atoms with Crippen LogP contribution >= 0.6 is 0 Å². The Hall–Kier alpha value is -1.24. The Kier molecular flexibility index (Phi) is 3.88. The van der Waals surface area contributed by atoms with Crippen LogP contribution in [0.15, 0.2) is 29.2 Å². The molecule has 6 heteroatoms. The quantitative estimate of drug-likeness (QED) is 0.791. The number of hydrogen-bond acceptors (Lipinski definition) is 3. The average Bonchev–Trinajstić information content (AvgIpc) is 2.39. The fourth-order valence-corrected chi connectivity index (χ4v) is 2.03. The lowest BCUT2D eigenvalue weighted by atomic mass is 10.2. The predicted molar refractivity (Wildman–Crippen MR) is 62.2 cm³/mol. The van der Waals surface area contributed by atoms with Gasteiger partial charge in [-0.3, -0.25) is 4.79 Å². The molecule has 1 amide bonds. The number of morpholine rings is 1. The number of hydrogen-bond donors (Lipinski definition) is 1. The van der Waals surface area contributed by atoms with Crippen molar-refractivity contribution < 1.29 is 18.3 Å². The Morgan fingerprint density at radius 1 is 1.24 bits per heavy atom. The third kappa shape index (κ3) is 2.91. The van der Waals surface area contributed by atoms with Gasteiger partial charge in [-0.05, 0) is 24.3 Å². The minimum Gasteiger partial charge on any atom is -0.378 e. The van der Waals surface area contributed by atoms with Crippen molar-refractivity contribution >= 4 is 17.0 Å². The number of amides is 1. The highest BCUT2D eigenvalue weighted by atomic mass is 32.2.